The van der Waals surface area contributed by atoms with Crippen LogP contribution in [0.25, 0.3) is 0 Å². The molecule has 0 saturated heterocycles. The Balaban J connectivity index is 2.84. The summed E-state index contributed by atoms with van der Waals surface area (Å²) in [6, 6.07) is 5.87. The van der Waals surface area contributed by atoms with E-state index in [4.69, 9.17) is 0 Å². The Kier molecular flexibility index (Phi) is 5.54. The number of esters is 1. The molecule has 0 radical (unpaired) electrons. The fourth-order valence-corrected chi connectivity index (χ4v) is 1.51. The van der Waals surface area contributed by atoms with Crippen LogP contribution in [-0.2, 0) is 9.53 Å². The van der Waals surface area contributed by atoms with Gasteiger partial charge in [0, 0.05) is 6.08 Å². The minimum absolute atomic E-state index is 0.256. The maximum Gasteiger partial charge on any atom is 0.337 e. The minimum atomic E-state index is -0.552. The van der Waals surface area contributed by atoms with Gasteiger partial charge in [0.15, 0.2) is 0 Å². The van der Waals surface area contributed by atoms with E-state index in [1.54, 1.807) is 24.3 Å². The third kappa shape index (κ3) is 4.10. The molecule has 0 aliphatic heterocycles. The first-order valence-electron chi connectivity index (χ1n) is 5.57. The van der Waals surface area contributed by atoms with E-state index in [9.17, 15) is 14.7 Å². The number of amides is 1. The van der Waals surface area contributed by atoms with E-state index in [1.165, 1.54) is 7.11 Å². The summed E-state index contributed by atoms with van der Waals surface area (Å²) in [5, 5.41) is 11.8. The van der Waals surface area contributed by atoms with Crippen molar-refractivity contribution in [2.45, 2.75) is 6.04 Å². The summed E-state index contributed by atoms with van der Waals surface area (Å²) in [6.07, 6.45) is 1.14. The number of aliphatic hydroxyl groups is 1. The summed E-state index contributed by atoms with van der Waals surface area (Å²) in [7, 11) is 1.30. The third-order valence-corrected chi connectivity index (χ3v) is 2.47. The highest BCUT2D eigenvalue weighted by Crippen LogP contribution is 2.14. The van der Waals surface area contributed by atoms with E-state index in [0.29, 0.717) is 11.1 Å². The lowest BCUT2D eigenvalue weighted by molar-refractivity contribution is -0.117. The molecule has 1 unspecified atom stereocenters. The van der Waals surface area contributed by atoms with Crippen molar-refractivity contribution in [3.05, 3.63) is 53.8 Å². The van der Waals surface area contributed by atoms with Gasteiger partial charge in [-0.2, -0.15) is 0 Å². The number of aliphatic hydroxyl groups excluding tert-OH is 1. The molecule has 0 aliphatic rings. The van der Waals surface area contributed by atoms with E-state index < -0.39 is 17.9 Å². The molecule has 1 aromatic rings. The molecule has 19 heavy (non-hydrogen) atoms. The number of hydrogen-bond donors (Lipinski definition) is 2. The molecule has 5 nitrogen and oxygen atoms in total. The van der Waals surface area contributed by atoms with Gasteiger partial charge >= 0.3 is 5.97 Å². The minimum Gasteiger partial charge on any atom is -0.465 e. The molecular formula is C14H15NO4. The molecule has 1 amide bonds. The third-order valence-electron chi connectivity index (χ3n) is 2.47. The summed E-state index contributed by atoms with van der Waals surface area (Å²) in [5.74, 6) is -0.836. The van der Waals surface area contributed by atoms with Gasteiger partial charge in [0.1, 0.15) is 0 Å². The lowest BCUT2D eigenvalue weighted by Gasteiger charge is -2.15. The fraction of sp³-hybridized carbons (Fsp3) is 0.214. The van der Waals surface area contributed by atoms with Crippen LogP contribution in [0.5, 0.6) is 0 Å². The molecule has 0 saturated carbocycles. The standard InChI is InChI=1S/C14H15NO4/c1-3-4-13(17)15-12(9-16)10-5-7-11(8-6-10)14(18)19-2/h4-8,12,16H,1,9H2,2H3,(H,15,17). The van der Waals surface area contributed by atoms with Crippen molar-refractivity contribution >= 4 is 11.9 Å². The van der Waals surface area contributed by atoms with Crippen LogP contribution in [0.3, 0.4) is 0 Å². The molecule has 5 heteroatoms. The normalized spacial score (nSPS) is 11.1. The van der Waals surface area contributed by atoms with Crippen molar-refractivity contribution in [3.63, 3.8) is 0 Å². The zero-order valence-corrected chi connectivity index (χ0v) is 10.6. The van der Waals surface area contributed by atoms with Crippen LogP contribution in [-0.4, -0.2) is 30.7 Å². The van der Waals surface area contributed by atoms with Crippen molar-refractivity contribution in [3.8, 4) is 0 Å². The largest absolute Gasteiger partial charge is 0.465 e. The summed E-state index contributed by atoms with van der Waals surface area (Å²) in [5.41, 5.74) is 3.43. The van der Waals surface area contributed by atoms with E-state index >= 15 is 0 Å². The van der Waals surface area contributed by atoms with Gasteiger partial charge in [-0.3, -0.25) is 4.79 Å². The van der Waals surface area contributed by atoms with Gasteiger partial charge in [0.05, 0.1) is 25.3 Å². The van der Waals surface area contributed by atoms with E-state index in [-0.39, 0.29) is 6.61 Å². The molecule has 0 spiro atoms. The van der Waals surface area contributed by atoms with Gasteiger partial charge in [-0.25, -0.2) is 4.79 Å². The van der Waals surface area contributed by atoms with Gasteiger partial charge in [-0.05, 0) is 17.7 Å². The number of carbonyl (C=O) groups is 2. The number of rotatable bonds is 5. The number of carbonyl (C=O) groups excluding carboxylic acids is 2. The first-order valence-corrected chi connectivity index (χ1v) is 5.57. The lowest BCUT2D eigenvalue weighted by atomic mass is 10.1. The molecule has 1 rings (SSSR count). The average molecular weight is 261 g/mol. The van der Waals surface area contributed by atoms with E-state index in [0.717, 1.165) is 6.08 Å². The summed E-state index contributed by atoms with van der Waals surface area (Å²) >= 11 is 0. The summed E-state index contributed by atoms with van der Waals surface area (Å²) in [6.45, 7) is 3.04. The molecule has 1 atom stereocenters. The van der Waals surface area contributed by atoms with Gasteiger partial charge in [0.2, 0.25) is 0 Å². The van der Waals surface area contributed by atoms with E-state index in [1.807, 2.05) is 0 Å². The molecule has 0 aromatic heterocycles. The number of hydrogen-bond acceptors (Lipinski definition) is 4. The second-order valence-electron chi connectivity index (χ2n) is 3.71. The topological polar surface area (TPSA) is 75.6 Å². The molecule has 0 bridgehead atoms. The van der Waals surface area contributed by atoms with Gasteiger partial charge in [-0.1, -0.05) is 18.7 Å². The molecular weight excluding hydrogens is 246 g/mol. The van der Waals surface area contributed by atoms with Crippen LogP contribution in [0.15, 0.2) is 42.7 Å². The Morgan fingerprint density at radius 3 is 2.58 bits per heavy atom. The SMILES string of the molecule is C=C=CC(=O)NC(CO)c1ccc(C(=O)OC)cc1. The number of benzene rings is 1. The van der Waals surface area contributed by atoms with Crippen molar-refractivity contribution in [2.75, 3.05) is 13.7 Å². The number of ether oxygens (including phenoxy) is 1. The monoisotopic (exact) mass is 261 g/mol. The van der Waals surface area contributed by atoms with Crippen molar-refractivity contribution in [2.24, 2.45) is 0 Å². The maximum absolute atomic E-state index is 11.4. The number of nitrogens with one attached hydrogen (secondary N) is 1. The van der Waals surface area contributed by atoms with Crippen molar-refractivity contribution in [1.29, 1.82) is 0 Å². The van der Waals surface area contributed by atoms with Crippen LogP contribution in [0.4, 0.5) is 0 Å². The molecule has 1 aromatic carbocycles. The summed E-state index contributed by atoms with van der Waals surface area (Å²) < 4.78 is 4.58. The number of methoxy groups -OCH3 is 1. The maximum atomic E-state index is 11.4. The average Bonchev–Trinajstić information content (AvgIpc) is 2.44. The quantitative estimate of drug-likeness (QED) is 0.470. The molecule has 2 N–H and O–H groups in total. The Labute approximate surface area is 111 Å². The van der Waals surface area contributed by atoms with Gasteiger partial charge in [0.25, 0.3) is 5.91 Å². The Morgan fingerprint density at radius 2 is 2.11 bits per heavy atom. The highest BCUT2D eigenvalue weighted by Gasteiger charge is 2.13. The highest BCUT2D eigenvalue weighted by atomic mass is 16.5. The predicted molar refractivity (Wildman–Crippen MR) is 69.5 cm³/mol. The smallest absolute Gasteiger partial charge is 0.337 e. The first kappa shape index (κ1) is 14.7. The van der Waals surface area contributed by atoms with Crippen LogP contribution < -0.4 is 5.32 Å². The Morgan fingerprint density at radius 1 is 1.47 bits per heavy atom. The molecule has 0 aliphatic carbocycles. The van der Waals surface area contributed by atoms with Crippen LogP contribution in [0.1, 0.15) is 22.0 Å². The van der Waals surface area contributed by atoms with Crippen molar-refractivity contribution < 1.29 is 19.4 Å². The summed E-state index contributed by atoms with van der Waals surface area (Å²) in [4.78, 5) is 22.6. The predicted octanol–water partition coefficient (Wildman–Crippen LogP) is 0.964. The second-order valence-corrected chi connectivity index (χ2v) is 3.71. The van der Waals surface area contributed by atoms with Crippen LogP contribution >= 0.6 is 0 Å². The zero-order chi connectivity index (χ0) is 14.3. The lowest BCUT2D eigenvalue weighted by Crippen LogP contribution is -2.29. The highest BCUT2D eigenvalue weighted by molar-refractivity contribution is 5.89. The van der Waals surface area contributed by atoms with Crippen LogP contribution in [0.2, 0.25) is 0 Å². The van der Waals surface area contributed by atoms with E-state index in [2.05, 4.69) is 22.4 Å². The fourth-order valence-electron chi connectivity index (χ4n) is 1.51. The van der Waals surface area contributed by atoms with Gasteiger partial charge in [-0.15, -0.1) is 5.73 Å². The second kappa shape index (κ2) is 7.16. The molecule has 0 heterocycles. The Hall–Kier alpha value is -2.36. The molecule has 100 valence electrons. The van der Waals surface area contributed by atoms with Crippen LogP contribution in [0, 0.1) is 0 Å². The van der Waals surface area contributed by atoms with Crippen molar-refractivity contribution in [1.82, 2.24) is 5.32 Å². The van der Waals surface area contributed by atoms with Gasteiger partial charge < -0.3 is 15.2 Å². The molecule has 0 fully saturated rings. The zero-order valence-electron chi connectivity index (χ0n) is 10.6. The Bertz CT molecular complexity index is 501. The first-order chi connectivity index (χ1) is 9.12.